The van der Waals surface area contributed by atoms with E-state index in [0.29, 0.717) is 0 Å². The molecule has 1 aromatic heterocycles. The number of carbonyl (C=O) groups is 1. The summed E-state index contributed by atoms with van der Waals surface area (Å²) in [4.78, 5) is 14.9. The molecule has 0 radical (unpaired) electrons. The molecule has 2 aromatic rings. The third kappa shape index (κ3) is 4.35. The van der Waals surface area contributed by atoms with Crippen molar-refractivity contribution in [1.82, 2.24) is 21.2 Å². The van der Waals surface area contributed by atoms with Crippen LogP contribution in [0.5, 0.6) is 0 Å². The number of halogens is 3. The molecule has 1 aromatic carbocycles. The second-order valence-corrected chi connectivity index (χ2v) is 5.44. The maximum Gasteiger partial charge on any atom is 0.405 e. The highest BCUT2D eigenvalue weighted by Gasteiger charge is 2.27. The molecule has 0 spiro atoms. The second-order valence-electron chi connectivity index (χ2n) is 5.03. The number of nitrogens with one attached hydrogen (secondary N) is 4. The molecule has 0 saturated heterocycles. The van der Waals surface area contributed by atoms with Crippen LogP contribution in [-0.2, 0) is 0 Å². The van der Waals surface area contributed by atoms with E-state index >= 15 is 0 Å². The number of hydrogen-bond donors (Lipinski definition) is 4. The molecule has 124 valence electrons. The minimum Gasteiger partial charge on any atom is -0.352 e. The molecule has 2 rings (SSSR count). The molecule has 0 unspecified atom stereocenters. The molecular weight excluding hydrogens is 329 g/mol. The van der Waals surface area contributed by atoms with E-state index < -0.39 is 18.6 Å². The minimum absolute atomic E-state index is 0.278. The zero-order chi connectivity index (χ0) is 17.2. The number of H-pyrrole nitrogens is 1. The van der Waals surface area contributed by atoms with Gasteiger partial charge in [0, 0.05) is 10.9 Å². The summed E-state index contributed by atoms with van der Waals surface area (Å²) in [6.45, 7) is 2.63. The van der Waals surface area contributed by atoms with Gasteiger partial charge in [-0.3, -0.25) is 15.6 Å². The van der Waals surface area contributed by atoms with Crippen molar-refractivity contribution in [2.75, 3.05) is 6.54 Å². The highest BCUT2D eigenvalue weighted by molar-refractivity contribution is 7.80. The Kier molecular flexibility index (Phi) is 4.79. The quantitative estimate of drug-likeness (QED) is 0.499. The van der Waals surface area contributed by atoms with Gasteiger partial charge in [-0.05, 0) is 49.3 Å². The van der Waals surface area contributed by atoms with Crippen LogP contribution in [-0.4, -0.2) is 28.7 Å². The van der Waals surface area contributed by atoms with Crippen molar-refractivity contribution in [2.24, 2.45) is 0 Å². The Morgan fingerprint density at radius 3 is 2.61 bits per heavy atom. The summed E-state index contributed by atoms with van der Waals surface area (Å²) in [6, 6.07) is 5.47. The maximum absolute atomic E-state index is 12.0. The maximum atomic E-state index is 12.0. The number of benzene rings is 1. The SMILES string of the molecule is Cc1ccc2[nH]c(C(=O)NNC(=S)NCC(F)(F)F)cc2c1C. The number of aromatic amines is 1. The van der Waals surface area contributed by atoms with Crippen molar-refractivity contribution in [3.8, 4) is 0 Å². The van der Waals surface area contributed by atoms with E-state index in [4.69, 9.17) is 0 Å². The first-order chi connectivity index (χ1) is 10.7. The average molecular weight is 344 g/mol. The van der Waals surface area contributed by atoms with Gasteiger partial charge in [0.1, 0.15) is 12.2 Å². The predicted octanol–water partition coefficient (Wildman–Crippen LogP) is 2.46. The molecule has 0 atom stereocenters. The summed E-state index contributed by atoms with van der Waals surface area (Å²) in [5.41, 5.74) is 7.69. The standard InChI is InChI=1S/C14H15F3N4OS/c1-7-3-4-10-9(8(7)2)5-11(19-10)12(22)20-21-13(23)18-6-14(15,16)17/h3-5,19H,6H2,1-2H3,(H,20,22)(H2,18,21,23). The van der Waals surface area contributed by atoms with E-state index in [-0.39, 0.29) is 10.8 Å². The number of fused-ring (bicyclic) bond motifs is 1. The van der Waals surface area contributed by atoms with Crippen LogP contribution in [0.3, 0.4) is 0 Å². The molecule has 0 fully saturated rings. The number of hydrogen-bond acceptors (Lipinski definition) is 2. The van der Waals surface area contributed by atoms with Crippen molar-refractivity contribution >= 4 is 34.1 Å². The average Bonchev–Trinajstić information content (AvgIpc) is 2.91. The third-order valence-electron chi connectivity index (χ3n) is 3.33. The van der Waals surface area contributed by atoms with Gasteiger partial charge in [0.15, 0.2) is 5.11 Å². The minimum atomic E-state index is -4.39. The van der Waals surface area contributed by atoms with E-state index in [9.17, 15) is 18.0 Å². The lowest BCUT2D eigenvalue weighted by atomic mass is 10.1. The molecule has 1 heterocycles. The Bertz CT molecular complexity index is 754. The van der Waals surface area contributed by atoms with Gasteiger partial charge in [-0.15, -0.1) is 0 Å². The van der Waals surface area contributed by atoms with Crippen molar-refractivity contribution < 1.29 is 18.0 Å². The first kappa shape index (κ1) is 17.1. The van der Waals surface area contributed by atoms with Crippen molar-refractivity contribution in [2.45, 2.75) is 20.0 Å². The molecule has 0 bridgehead atoms. The molecule has 9 heteroatoms. The number of aryl methyl sites for hydroxylation is 2. The Morgan fingerprint density at radius 1 is 1.26 bits per heavy atom. The number of alkyl halides is 3. The van der Waals surface area contributed by atoms with Gasteiger partial charge in [0.25, 0.3) is 5.91 Å². The summed E-state index contributed by atoms with van der Waals surface area (Å²) in [7, 11) is 0. The van der Waals surface area contributed by atoms with Gasteiger partial charge >= 0.3 is 6.18 Å². The van der Waals surface area contributed by atoms with Gasteiger partial charge in [-0.25, -0.2) is 0 Å². The monoisotopic (exact) mass is 344 g/mol. The van der Waals surface area contributed by atoms with Gasteiger partial charge in [0.2, 0.25) is 0 Å². The number of aromatic nitrogens is 1. The third-order valence-corrected chi connectivity index (χ3v) is 3.57. The number of rotatable bonds is 2. The van der Waals surface area contributed by atoms with Crippen LogP contribution in [0.25, 0.3) is 10.9 Å². The van der Waals surface area contributed by atoms with E-state index in [1.807, 2.05) is 31.3 Å². The lowest BCUT2D eigenvalue weighted by Crippen LogP contribution is -2.48. The summed E-state index contributed by atoms with van der Waals surface area (Å²) < 4.78 is 36.1. The second kappa shape index (κ2) is 6.45. The highest BCUT2D eigenvalue weighted by atomic mass is 32.1. The van der Waals surface area contributed by atoms with Gasteiger partial charge < -0.3 is 10.3 Å². The van der Waals surface area contributed by atoms with Crippen LogP contribution in [0.15, 0.2) is 18.2 Å². The van der Waals surface area contributed by atoms with Crippen molar-refractivity contribution in [3.05, 3.63) is 35.0 Å². The lowest BCUT2D eigenvalue weighted by molar-refractivity contribution is -0.122. The zero-order valence-corrected chi connectivity index (χ0v) is 13.2. The lowest BCUT2D eigenvalue weighted by Gasteiger charge is -2.12. The van der Waals surface area contributed by atoms with Crippen LogP contribution in [0.4, 0.5) is 13.2 Å². The van der Waals surface area contributed by atoms with E-state index in [1.165, 1.54) is 0 Å². The predicted molar refractivity (Wildman–Crippen MR) is 85.0 cm³/mol. The van der Waals surface area contributed by atoms with Crippen LogP contribution in [0.1, 0.15) is 21.6 Å². The molecule has 0 aliphatic carbocycles. The summed E-state index contributed by atoms with van der Waals surface area (Å²) >= 11 is 4.65. The number of thiocarbonyl (C=S) groups is 1. The van der Waals surface area contributed by atoms with Crippen molar-refractivity contribution in [1.29, 1.82) is 0 Å². The molecule has 5 nitrogen and oxygen atoms in total. The normalized spacial score (nSPS) is 11.3. The zero-order valence-electron chi connectivity index (χ0n) is 12.4. The molecule has 0 aliphatic heterocycles. The van der Waals surface area contributed by atoms with Crippen LogP contribution >= 0.6 is 12.2 Å². The van der Waals surface area contributed by atoms with E-state index in [1.54, 1.807) is 6.07 Å². The fourth-order valence-electron chi connectivity index (χ4n) is 1.99. The van der Waals surface area contributed by atoms with Crippen LogP contribution in [0, 0.1) is 13.8 Å². The molecule has 0 saturated carbocycles. The highest BCUT2D eigenvalue weighted by Crippen LogP contribution is 2.22. The molecular formula is C14H15F3N4OS. The Labute approximate surface area is 135 Å². The van der Waals surface area contributed by atoms with Crippen molar-refractivity contribution in [3.63, 3.8) is 0 Å². The Balaban J connectivity index is 1.99. The fraction of sp³-hybridized carbons (Fsp3) is 0.286. The van der Waals surface area contributed by atoms with Gasteiger partial charge in [-0.1, -0.05) is 6.07 Å². The number of amides is 1. The number of hydrazine groups is 1. The summed E-state index contributed by atoms with van der Waals surface area (Å²) in [6.07, 6.45) is -4.39. The molecule has 23 heavy (non-hydrogen) atoms. The largest absolute Gasteiger partial charge is 0.405 e. The first-order valence-corrected chi connectivity index (χ1v) is 7.08. The Morgan fingerprint density at radius 2 is 1.96 bits per heavy atom. The van der Waals surface area contributed by atoms with Gasteiger partial charge in [-0.2, -0.15) is 13.2 Å². The summed E-state index contributed by atoms with van der Waals surface area (Å²) in [5.74, 6) is -0.533. The van der Waals surface area contributed by atoms with Crippen LogP contribution < -0.4 is 16.2 Å². The Hall–Kier alpha value is -2.29. The molecule has 1 amide bonds. The molecule has 0 aliphatic rings. The van der Waals surface area contributed by atoms with Crippen LogP contribution in [0.2, 0.25) is 0 Å². The van der Waals surface area contributed by atoms with E-state index in [2.05, 4.69) is 28.1 Å². The topological polar surface area (TPSA) is 69.0 Å². The van der Waals surface area contributed by atoms with Gasteiger partial charge in [0.05, 0.1) is 0 Å². The van der Waals surface area contributed by atoms with E-state index in [0.717, 1.165) is 22.0 Å². The summed E-state index contributed by atoms with van der Waals surface area (Å²) in [5, 5.41) is 2.53. The first-order valence-electron chi connectivity index (χ1n) is 6.67. The fourth-order valence-corrected chi connectivity index (χ4v) is 2.11. The number of carbonyl (C=O) groups excluding carboxylic acids is 1. The molecule has 4 N–H and O–H groups in total. The smallest absolute Gasteiger partial charge is 0.352 e.